The smallest absolute Gasteiger partial charge is 0.217 e. The number of aryl methyl sites for hydroxylation is 1. The van der Waals surface area contributed by atoms with Crippen molar-refractivity contribution in [2.45, 2.75) is 20.4 Å². The summed E-state index contributed by atoms with van der Waals surface area (Å²) in [6.45, 7) is 3.94. The fourth-order valence-electron chi connectivity index (χ4n) is 2.59. The number of aromatic nitrogens is 2. The Morgan fingerprint density at radius 2 is 2.00 bits per heavy atom. The molecule has 3 aromatic rings. The predicted molar refractivity (Wildman–Crippen MR) is 93.8 cm³/mol. The molecule has 0 saturated heterocycles. The highest BCUT2D eigenvalue weighted by atomic mass is 16.5. The maximum atomic E-state index is 11.0. The van der Waals surface area contributed by atoms with Gasteiger partial charge >= 0.3 is 0 Å². The Bertz CT molecular complexity index is 889. The standard InChI is InChI=1S/C19H19N3O2/c1-12-4-6-16-15(7-9-18(24-3)19(16)22-12)17-8-5-14(11-21-17)10-20-13(2)23/h4-9,11H,10H2,1-3H3,(H,20,23). The molecule has 1 N–H and O–H groups in total. The first-order valence-corrected chi connectivity index (χ1v) is 7.72. The van der Waals surface area contributed by atoms with Gasteiger partial charge in [0.05, 0.1) is 12.8 Å². The van der Waals surface area contributed by atoms with Gasteiger partial charge in [-0.25, -0.2) is 4.98 Å². The highest BCUT2D eigenvalue weighted by Gasteiger charge is 2.11. The van der Waals surface area contributed by atoms with E-state index < -0.39 is 0 Å². The molecule has 2 heterocycles. The zero-order valence-corrected chi connectivity index (χ0v) is 14.0. The lowest BCUT2D eigenvalue weighted by molar-refractivity contribution is -0.119. The topological polar surface area (TPSA) is 64.1 Å². The number of carbonyl (C=O) groups excluding carboxylic acids is 1. The van der Waals surface area contributed by atoms with E-state index in [0.717, 1.165) is 39.2 Å². The predicted octanol–water partition coefficient (Wildman–Crippen LogP) is 3.25. The number of rotatable bonds is 4. The molecular weight excluding hydrogens is 302 g/mol. The van der Waals surface area contributed by atoms with E-state index in [1.165, 1.54) is 6.92 Å². The lowest BCUT2D eigenvalue weighted by Gasteiger charge is -2.11. The second-order valence-electron chi connectivity index (χ2n) is 5.63. The van der Waals surface area contributed by atoms with E-state index in [0.29, 0.717) is 6.54 Å². The molecule has 122 valence electrons. The van der Waals surface area contributed by atoms with E-state index in [4.69, 9.17) is 4.74 Å². The van der Waals surface area contributed by atoms with Gasteiger partial charge in [0.2, 0.25) is 5.91 Å². The van der Waals surface area contributed by atoms with E-state index in [-0.39, 0.29) is 5.91 Å². The first-order chi connectivity index (χ1) is 11.6. The van der Waals surface area contributed by atoms with Gasteiger partial charge in [-0.15, -0.1) is 0 Å². The van der Waals surface area contributed by atoms with Gasteiger partial charge in [0.1, 0.15) is 11.3 Å². The van der Waals surface area contributed by atoms with Gasteiger partial charge in [-0.2, -0.15) is 0 Å². The molecule has 0 spiro atoms. The molecule has 0 atom stereocenters. The Labute approximate surface area is 140 Å². The van der Waals surface area contributed by atoms with Crippen molar-refractivity contribution in [3.63, 3.8) is 0 Å². The van der Waals surface area contributed by atoms with E-state index in [2.05, 4.69) is 15.3 Å². The Balaban J connectivity index is 2.02. The maximum absolute atomic E-state index is 11.0. The Hall–Kier alpha value is -2.95. The average molecular weight is 321 g/mol. The van der Waals surface area contributed by atoms with Gasteiger partial charge in [0.25, 0.3) is 0 Å². The molecule has 0 fully saturated rings. The van der Waals surface area contributed by atoms with Gasteiger partial charge in [0, 0.05) is 36.3 Å². The number of amides is 1. The molecule has 0 aliphatic heterocycles. The molecule has 1 aromatic carbocycles. The molecule has 0 aliphatic carbocycles. The van der Waals surface area contributed by atoms with Crippen molar-refractivity contribution in [2.75, 3.05) is 7.11 Å². The summed E-state index contributed by atoms with van der Waals surface area (Å²) in [5.74, 6) is 0.696. The molecule has 0 bridgehead atoms. The number of benzene rings is 1. The molecule has 2 aromatic heterocycles. The number of pyridine rings is 2. The Morgan fingerprint density at radius 1 is 1.17 bits per heavy atom. The molecule has 24 heavy (non-hydrogen) atoms. The maximum Gasteiger partial charge on any atom is 0.217 e. The van der Waals surface area contributed by atoms with Gasteiger partial charge in [0.15, 0.2) is 0 Å². The fraction of sp³-hybridized carbons (Fsp3) is 0.211. The normalized spacial score (nSPS) is 10.6. The fourth-order valence-corrected chi connectivity index (χ4v) is 2.59. The molecule has 3 rings (SSSR count). The van der Waals surface area contributed by atoms with Crippen molar-refractivity contribution in [3.8, 4) is 17.0 Å². The average Bonchev–Trinajstić information content (AvgIpc) is 2.59. The molecular formula is C19H19N3O2. The van der Waals surface area contributed by atoms with E-state index in [9.17, 15) is 4.79 Å². The highest BCUT2D eigenvalue weighted by Crippen LogP contribution is 2.32. The van der Waals surface area contributed by atoms with Crippen LogP contribution in [0.2, 0.25) is 0 Å². The van der Waals surface area contributed by atoms with Crippen molar-refractivity contribution in [3.05, 3.63) is 53.9 Å². The van der Waals surface area contributed by atoms with Crippen LogP contribution in [0.15, 0.2) is 42.6 Å². The zero-order chi connectivity index (χ0) is 17.1. The summed E-state index contributed by atoms with van der Waals surface area (Å²) < 4.78 is 5.42. The SMILES string of the molecule is COc1ccc(-c2ccc(CNC(C)=O)cn2)c2ccc(C)nc12. The summed E-state index contributed by atoms with van der Waals surface area (Å²) in [7, 11) is 1.65. The van der Waals surface area contributed by atoms with Gasteiger partial charge in [-0.3, -0.25) is 9.78 Å². The minimum atomic E-state index is -0.0540. The van der Waals surface area contributed by atoms with E-state index >= 15 is 0 Å². The summed E-state index contributed by atoms with van der Waals surface area (Å²) in [6, 6.07) is 11.9. The molecule has 5 nitrogen and oxygen atoms in total. The number of carbonyl (C=O) groups is 1. The van der Waals surface area contributed by atoms with Crippen LogP contribution in [-0.4, -0.2) is 23.0 Å². The van der Waals surface area contributed by atoms with Gasteiger partial charge in [-0.05, 0) is 36.8 Å². The van der Waals surface area contributed by atoms with Crippen LogP contribution in [0.25, 0.3) is 22.2 Å². The number of hydrogen-bond donors (Lipinski definition) is 1. The van der Waals surface area contributed by atoms with Crippen LogP contribution in [0.5, 0.6) is 5.75 Å². The number of hydrogen-bond acceptors (Lipinski definition) is 4. The third-order valence-corrected chi connectivity index (χ3v) is 3.82. The van der Waals surface area contributed by atoms with Crippen molar-refractivity contribution < 1.29 is 9.53 Å². The van der Waals surface area contributed by atoms with E-state index in [1.54, 1.807) is 13.3 Å². The monoisotopic (exact) mass is 321 g/mol. The molecule has 5 heteroatoms. The summed E-state index contributed by atoms with van der Waals surface area (Å²) >= 11 is 0. The van der Waals surface area contributed by atoms with Crippen LogP contribution in [0, 0.1) is 6.92 Å². The van der Waals surface area contributed by atoms with Crippen molar-refractivity contribution in [2.24, 2.45) is 0 Å². The largest absolute Gasteiger partial charge is 0.494 e. The molecule has 0 unspecified atom stereocenters. The number of ether oxygens (including phenoxy) is 1. The third kappa shape index (κ3) is 3.20. The van der Waals surface area contributed by atoms with Crippen LogP contribution >= 0.6 is 0 Å². The molecule has 0 radical (unpaired) electrons. The second kappa shape index (κ2) is 6.66. The van der Waals surface area contributed by atoms with Crippen LogP contribution in [-0.2, 0) is 11.3 Å². The molecule has 0 saturated carbocycles. The third-order valence-electron chi connectivity index (χ3n) is 3.82. The summed E-state index contributed by atoms with van der Waals surface area (Å²) in [5.41, 5.74) is 4.60. The summed E-state index contributed by atoms with van der Waals surface area (Å²) in [6.07, 6.45) is 1.78. The Kier molecular flexibility index (Phi) is 4.42. The van der Waals surface area contributed by atoms with Crippen LogP contribution in [0.4, 0.5) is 0 Å². The quantitative estimate of drug-likeness (QED) is 0.801. The van der Waals surface area contributed by atoms with Crippen molar-refractivity contribution in [1.29, 1.82) is 0 Å². The van der Waals surface area contributed by atoms with Gasteiger partial charge < -0.3 is 10.1 Å². The van der Waals surface area contributed by atoms with Gasteiger partial charge in [-0.1, -0.05) is 12.1 Å². The van der Waals surface area contributed by atoms with Crippen molar-refractivity contribution in [1.82, 2.24) is 15.3 Å². The van der Waals surface area contributed by atoms with Crippen LogP contribution in [0.1, 0.15) is 18.2 Å². The highest BCUT2D eigenvalue weighted by molar-refractivity contribution is 5.97. The number of nitrogens with zero attached hydrogens (tertiary/aromatic N) is 2. The lowest BCUT2D eigenvalue weighted by atomic mass is 10.0. The lowest BCUT2D eigenvalue weighted by Crippen LogP contribution is -2.18. The summed E-state index contributed by atoms with van der Waals surface area (Å²) in [4.78, 5) is 20.1. The minimum Gasteiger partial charge on any atom is -0.494 e. The minimum absolute atomic E-state index is 0.0540. The molecule has 1 amide bonds. The first kappa shape index (κ1) is 15.9. The number of nitrogens with one attached hydrogen (secondary N) is 1. The van der Waals surface area contributed by atoms with Crippen LogP contribution < -0.4 is 10.1 Å². The Morgan fingerprint density at radius 3 is 2.67 bits per heavy atom. The van der Waals surface area contributed by atoms with E-state index in [1.807, 2.05) is 43.3 Å². The number of fused-ring (bicyclic) bond motifs is 1. The first-order valence-electron chi connectivity index (χ1n) is 7.72. The number of methoxy groups -OCH3 is 1. The van der Waals surface area contributed by atoms with Crippen molar-refractivity contribution >= 4 is 16.8 Å². The summed E-state index contributed by atoms with van der Waals surface area (Å²) in [5, 5.41) is 3.77. The molecule has 0 aliphatic rings. The van der Waals surface area contributed by atoms with Crippen LogP contribution in [0.3, 0.4) is 0 Å². The second-order valence-corrected chi connectivity index (χ2v) is 5.63. The zero-order valence-electron chi connectivity index (χ0n) is 14.0.